The highest BCUT2D eigenvalue weighted by Crippen LogP contribution is 2.21. The molecule has 0 saturated heterocycles. The van der Waals surface area contributed by atoms with Crippen LogP contribution in [0, 0.1) is 12.7 Å². The SMILES string of the molecule is Cc1occc1CN(C)c1cc(N)cc(F)c1. The molecule has 0 fully saturated rings. The molecule has 90 valence electrons. The van der Waals surface area contributed by atoms with E-state index < -0.39 is 0 Å². The first-order valence-electron chi connectivity index (χ1n) is 5.36. The van der Waals surface area contributed by atoms with Crippen LogP contribution in [0.15, 0.2) is 34.9 Å². The van der Waals surface area contributed by atoms with Crippen LogP contribution in [-0.2, 0) is 6.54 Å². The lowest BCUT2D eigenvalue weighted by molar-refractivity contribution is 0.529. The van der Waals surface area contributed by atoms with Gasteiger partial charge in [-0.15, -0.1) is 0 Å². The van der Waals surface area contributed by atoms with E-state index in [-0.39, 0.29) is 5.82 Å². The minimum atomic E-state index is -0.323. The Morgan fingerprint density at radius 2 is 2.12 bits per heavy atom. The molecule has 0 aliphatic rings. The second-order valence-electron chi connectivity index (χ2n) is 4.10. The molecule has 0 spiro atoms. The fourth-order valence-corrected chi connectivity index (χ4v) is 1.74. The van der Waals surface area contributed by atoms with Gasteiger partial charge in [0.15, 0.2) is 0 Å². The zero-order valence-corrected chi connectivity index (χ0v) is 9.90. The van der Waals surface area contributed by atoms with Crippen molar-refractivity contribution in [2.75, 3.05) is 17.7 Å². The highest BCUT2D eigenvalue weighted by Gasteiger charge is 2.08. The summed E-state index contributed by atoms with van der Waals surface area (Å²) in [6.07, 6.45) is 1.65. The van der Waals surface area contributed by atoms with Crippen molar-refractivity contribution in [3.05, 3.63) is 47.7 Å². The van der Waals surface area contributed by atoms with Gasteiger partial charge in [-0.3, -0.25) is 0 Å². The minimum absolute atomic E-state index is 0.323. The number of hydrogen-bond acceptors (Lipinski definition) is 3. The van der Waals surface area contributed by atoms with E-state index in [9.17, 15) is 4.39 Å². The molecule has 0 amide bonds. The quantitative estimate of drug-likeness (QED) is 0.830. The third-order valence-corrected chi connectivity index (χ3v) is 2.72. The molecule has 0 bridgehead atoms. The lowest BCUT2D eigenvalue weighted by Crippen LogP contribution is -2.16. The molecule has 1 heterocycles. The Hall–Kier alpha value is -1.97. The number of nitrogens with two attached hydrogens (primary N) is 1. The van der Waals surface area contributed by atoms with E-state index in [2.05, 4.69) is 0 Å². The van der Waals surface area contributed by atoms with Gasteiger partial charge in [0.1, 0.15) is 11.6 Å². The summed E-state index contributed by atoms with van der Waals surface area (Å²) in [7, 11) is 1.89. The van der Waals surface area contributed by atoms with Crippen molar-refractivity contribution in [1.29, 1.82) is 0 Å². The van der Waals surface area contributed by atoms with Crippen LogP contribution in [0.2, 0.25) is 0 Å². The second kappa shape index (κ2) is 4.49. The van der Waals surface area contributed by atoms with Gasteiger partial charge in [0.25, 0.3) is 0 Å². The van der Waals surface area contributed by atoms with Crippen molar-refractivity contribution in [3.63, 3.8) is 0 Å². The predicted octanol–water partition coefficient (Wildman–Crippen LogP) is 2.95. The molecule has 2 rings (SSSR count). The Labute approximate surface area is 99.6 Å². The van der Waals surface area contributed by atoms with E-state index in [1.807, 2.05) is 24.9 Å². The Morgan fingerprint density at radius 3 is 2.71 bits per heavy atom. The number of benzene rings is 1. The first kappa shape index (κ1) is 11.5. The van der Waals surface area contributed by atoms with Crippen LogP contribution in [0.5, 0.6) is 0 Å². The maximum Gasteiger partial charge on any atom is 0.127 e. The third kappa shape index (κ3) is 2.58. The average Bonchev–Trinajstić information content (AvgIpc) is 2.63. The van der Waals surface area contributed by atoms with Crippen LogP contribution in [0.1, 0.15) is 11.3 Å². The monoisotopic (exact) mass is 234 g/mol. The Balaban J connectivity index is 2.20. The van der Waals surface area contributed by atoms with Gasteiger partial charge in [0.05, 0.1) is 6.26 Å². The molecule has 4 heteroatoms. The molecule has 2 aromatic rings. The maximum atomic E-state index is 13.2. The number of nitrogens with zero attached hydrogens (tertiary/aromatic N) is 1. The molecular formula is C13H15FN2O. The molecule has 2 N–H and O–H groups in total. The summed E-state index contributed by atoms with van der Waals surface area (Å²) in [6, 6.07) is 6.43. The molecule has 0 saturated carbocycles. The van der Waals surface area contributed by atoms with Crippen LogP contribution in [0.25, 0.3) is 0 Å². The van der Waals surface area contributed by atoms with Gasteiger partial charge < -0.3 is 15.1 Å². The molecule has 17 heavy (non-hydrogen) atoms. The lowest BCUT2D eigenvalue weighted by atomic mass is 10.2. The second-order valence-corrected chi connectivity index (χ2v) is 4.10. The largest absolute Gasteiger partial charge is 0.469 e. The van der Waals surface area contributed by atoms with Gasteiger partial charge in [-0.2, -0.15) is 0 Å². The van der Waals surface area contributed by atoms with Crippen molar-refractivity contribution in [2.45, 2.75) is 13.5 Å². The number of aryl methyl sites for hydroxylation is 1. The van der Waals surface area contributed by atoms with E-state index in [0.29, 0.717) is 12.2 Å². The number of nitrogen functional groups attached to an aromatic ring is 1. The molecule has 1 aromatic heterocycles. The summed E-state index contributed by atoms with van der Waals surface area (Å²) in [5.41, 5.74) is 7.87. The van der Waals surface area contributed by atoms with Crippen molar-refractivity contribution >= 4 is 11.4 Å². The first-order chi connectivity index (χ1) is 8.06. The van der Waals surface area contributed by atoms with Crippen molar-refractivity contribution in [2.24, 2.45) is 0 Å². The summed E-state index contributed by atoms with van der Waals surface area (Å²) < 4.78 is 18.4. The fraction of sp³-hybridized carbons (Fsp3) is 0.231. The number of furan rings is 1. The van der Waals surface area contributed by atoms with Gasteiger partial charge >= 0.3 is 0 Å². The van der Waals surface area contributed by atoms with E-state index in [1.165, 1.54) is 12.1 Å². The fourth-order valence-electron chi connectivity index (χ4n) is 1.74. The van der Waals surface area contributed by atoms with Crippen LogP contribution in [-0.4, -0.2) is 7.05 Å². The van der Waals surface area contributed by atoms with Gasteiger partial charge in [0.2, 0.25) is 0 Å². The van der Waals surface area contributed by atoms with Crippen molar-refractivity contribution < 1.29 is 8.81 Å². The normalized spacial score (nSPS) is 10.5. The average molecular weight is 234 g/mol. The van der Waals surface area contributed by atoms with Gasteiger partial charge in [-0.25, -0.2) is 4.39 Å². The van der Waals surface area contributed by atoms with Gasteiger partial charge in [-0.1, -0.05) is 0 Å². The summed E-state index contributed by atoms with van der Waals surface area (Å²) in [5.74, 6) is 0.553. The zero-order valence-electron chi connectivity index (χ0n) is 9.90. The number of rotatable bonds is 3. The molecule has 0 unspecified atom stereocenters. The smallest absolute Gasteiger partial charge is 0.127 e. The van der Waals surface area contributed by atoms with Crippen LogP contribution in [0.4, 0.5) is 15.8 Å². The highest BCUT2D eigenvalue weighted by molar-refractivity contribution is 5.56. The molecule has 0 radical (unpaired) electrons. The van der Waals surface area contributed by atoms with E-state index >= 15 is 0 Å². The van der Waals surface area contributed by atoms with Crippen molar-refractivity contribution in [1.82, 2.24) is 0 Å². The Morgan fingerprint density at radius 1 is 1.35 bits per heavy atom. The van der Waals surface area contributed by atoms with E-state index in [0.717, 1.165) is 17.0 Å². The van der Waals surface area contributed by atoms with Gasteiger partial charge in [-0.05, 0) is 31.2 Å². The molecule has 0 atom stereocenters. The number of hydrogen-bond donors (Lipinski definition) is 1. The lowest BCUT2D eigenvalue weighted by Gasteiger charge is -2.19. The highest BCUT2D eigenvalue weighted by atomic mass is 19.1. The van der Waals surface area contributed by atoms with E-state index in [4.69, 9.17) is 10.2 Å². The number of halogens is 1. The molecular weight excluding hydrogens is 219 g/mol. The predicted molar refractivity (Wildman–Crippen MR) is 66.4 cm³/mol. The standard InChI is InChI=1S/C13H15FN2O/c1-9-10(3-4-17-9)8-16(2)13-6-11(14)5-12(15)7-13/h3-7H,8,15H2,1-2H3. The van der Waals surface area contributed by atoms with Crippen molar-refractivity contribution in [3.8, 4) is 0 Å². The van der Waals surface area contributed by atoms with E-state index in [1.54, 1.807) is 12.3 Å². The van der Waals surface area contributed by atoms with Crippen LogP contribution in [0.3, 0.4) is 0 Å². The van der Waals surface area contributed by atoms with Crippen LogP contribution < -0.4 is 10.6 Å². The summed E-state index contributed by atoms with van der Waals surface area (Å²) in [4.78, 5) is 1.93. The summed E-state index contributed by atoms with van der Waals surface area (Å²) >= 11 is 0. The molecule has 0 aliphatic heterocycles. The minimum Gasteiger partial charge on any atom is -0.469 e. The summed E-state index contributed by atoms with van der Waals surface area (Å²) in [5, 5.41) is 0. The number of anilines is 2. The maximum absolute atomic E-state index is 13.2. The summed E-state index contributed by atoms with van der Waals surface area (Å²) in [6.45, 7) is 2.56. The Kier molecular flexibility index (Phi) is 3.04. The Bertz CT molecular complexity index is 502. The first-order valence-corrected chi connectivity index (χ1v) is 5.36. The van der Waals surface area contributed by atoms with Crippen LogP contribution >= 0.6 is 0 Å². The zero-order chi connectivity index (χ0) is 12.4. The topological polar surface area (TPSA) is 42.4 Å². The third-order valence-electron chi connectivity index (χ3n) is 2.72. The molecule has 3 nitrogen and oxygen atoms in total. The molecule has 1 aromatic carbocycles. The van der Waals surface area contributed by atoms with Gasteiger partial charge in [0, 0.05) is 30.5 Å². The molecule has 0 aliphatic carbocycles.